The molecule has 0 bridgehead atoms. The van der Waals surface area contributed by atoms with Gasteiger partial charge in [-0.3, -0.25) is 0 Å². The Labute approximate surface area is 130 Å². The molecule has 1 aliphatic carbocycles. The minimum absolute atomic E-state index is 0.105. The first-order chi connectivity index (χ1) is 9.60. The zero-order valence-electron chi connectivity index (χ0n) is 11.6. The summed E-state index contributed by atoms with van der Waals surface area (Å²) >= 11 is 12.5. The number of ether oxygens (including phenoxy) is 1. The molecule has 1 aromatic rings. The second-order valence-corrected chi connectivity index (χ2v) is 7.02. The maximum atomic E-state index is 6.45. The van der Waals surface area contributed by atoms with Crippen LogP contribution < -0.4 is 5.73 Å². The number of hydrogen-bond donors (Lipinski definition) is 1. The first kappa shape index (κ1) is 14.6. The SMILES string of the molecule is NC(Cc1c(Cl)cccc1Cl)C1CCOC2(CCC2)C1. The molecule has 1 aliphatic heterocycles. The van der Waals surface area contributed by atoms with Crippen molar-refractivity contribution >= 4 is 23.2 Å². The molecule has 2 aliphatic rings. The van der Waals surface area contributed by atoms with Gasteiger partial charge in [0.15, 0.2) is 0 Å². The maximum absolute atomic E-state index is 6.45. The zero-order valence-corrected chi connectivity index (χ0v) is 13.1. The minimum Gasteiger partial charge on any atom is -0.375 e. The Morgan fingerprint density at radius 1 is 1.30 bits per heavy atom. The van der Waals surface area contributed by atoms with E-state index in [2.05, 4.69) is 0 Å². The Kier molecular flexibility index (Phi) is 4.28. The molecule has 2 nitrogen and oxygen atoms in total. The van der Waals surface area contributed by atoms with Crippen LogP contribution in [0.3, 0.4) is 0 Å². The molecule has 3 rings (SSSR count). The van der Waals surface area contributed by atoms with E-state index in [-0.39, 0.29) is 11.6 Å². The lowest BCUT2D eigenvalue weighted by molar-refractivity contribution is -0.145. The van der Waals surface area contributed by atoms with Crippen molar-refractivity contribution in [3.05, 3.63) is 33.8 Å². The van der Waals surface area contributed by atoms with E-state index in [4.69, 9.17) is 33.7 Å². The monoisotopic (exact) mass is 313 g/mol. The van der Waals surface area contributed by atoms with Gasteiger partial charge in [-0.05, 0) is 62.1 Å². The molecule has 1 saturated carbocycles. The highest BCUT2D eigenvalue weighted by atomic mass is 35.5. The van der Waals surface area contributed by atoms with E-state index in [9.17, 15) is 0 Å². The lowest BCUT2D eigenvalue weighted by atomic mass is 9.70. The van der Waals surface area contributed by atoms with Crippen LogP contribution in [0.25, 0.3) is 0 Å². The van der Waals surface area contributed by atoms with Gasteiger partial charge in [-0.15, -0.1) is 0 Å². The van der Waals surface area contributed by atoms with E-state index in [1.807, 2.05) is 18.2 Å². The minimum atomic E-state index is 0.105. The van der Waals surface area contributed by atoms with Crippen molar-refractivity contribution < 1.29 is 4.74 Å². The van der Waals surface area contributed by atoms with Gasteiger partial charge in [0.25, 0.3) is 0 Å². The van der Waals surface area contributed by atoms with Crippen LogP contribution >= 0.6 is 23.2 Å². The van der Waals surface area contributed by atoms with Crippen LogP contribution in [0.1, 0.15) is 37.7 Å². The Balaban J connectivity index is 1.68. The van der Waals surface area contributed by atoms with E-state index in [0.29, 0.717) is 5.92 Å². The summed E-state index contributed by atoms with van der Waals surface area (Å²) in [5, 5.41) is 1.44. The molecule has 2 atom stereocenters. The molecular weight excluding hydrogens is 293 g/mol. The summed E-state index contributed by atoms with van der Waals surface area (Å²) in [6.07, 6.45) is 6.57. The Morgan fingerprint density at radius 2 is 2.00 bits per heavy atom. The highest BCUT2D eigenvalue weighted by Crippen LogP contribution is 2.45. The van der Waals surface area contributed by atoms with Crippen molar-refractivity contribution in [1.29, 1.82) is 0 Å². The molecule has 110 valence electrons. The van der Waals surface area contributed by atoms with Gasteiger partial charge in [0, 0.05) is 22.7 Å². The Hall–Kier alpha value is -0.280. The fourth-order valence-corrected chi connectivity index (χ4v) is 4.03. The standard InChI is InChI=1S/C16H21Cl2NO/c17-13-3-1-4-14(18)12(13)9-15(19)11-5-8-20-16(10-11)6-2-7-16/h1,3-4,11,15H,2,5-10,19H2. The highest BCUT2D eigenvalue weighted by molar-refractivity contribution is 6.36. The van der Waals surface area contributed by atoms with Gasteiger partial charge in [0.05, 0.1) is 5.60 Å². The summed E-state index contributed by atoms with van der Waals surface area (Å²) in [6, 6.07) is 5.74. The van der Waals surface area contributed by atoms with Crippen LogP contribution in [0.4, 0.5) is 0 Å². The number of hydrogen-bond acceptors (Lipinski definition) is 2. The van der Waals surface area contributed by atoms with E-state index in [0.717, 1.165) is 41.5 Å². The summed E-state index contributed by atoms with van der Waals surface area (Å²) in [6.45, 7) is 0.842. The van der Waals surface area contributed by atoms with Gasteiger partial charge in [-0.1, -0.05) is 29.3 Å². The topological polar surface area (TPSA) is 35.2 Å². The van der Waals surface area contributed by atoms with Crippen molar-refractivity contribution in [2.75, 3.05) is 6.61 Å². The van der Waals surface area contributed by atoms with Crippen LogP contribution in [0.15, 0.2) is 18.2 Å². The number of halogens is 2. The van der Waals surface area contributed by atoms with Gasteiger partial charge >= 0.3 is 0 Å². The molecular formula is C16H21Cl2NO. The van der Waals surface area contributed by atoms with Crippen LogP contribution in [0.2, 0.25) is 10.0 Å². The molecule has 2 unspecified atom stereocenters. The number of benzene rings is 1. The summed E-state index contributed by atoms with van der Waals surface area (Å²) in [5.41, 5.74) is 7.57. The zero-order chi connectivity index (χ0) is 14.2. The maximum Gasteiger partial charge on any atom is 0.0685 e. The smallest absolute Gasteiger partial charge is 0.0685 e. The van der Waals surface area contributed by atoms with Crippen LogP contribution in [-0.2, 0) is 11.2 Å². The predicted octanol–water partition coefficient (Wildman–Crippen LogP) is 4.21. The first-order valence-electron chi connectivity index (χ1n) is 7.42. The molecule has 1 spiro atoms. The van der Waals surface area contributed by atoms with Crippen LogP contribution in [0.5, 0.6) is 0 Å². The third kappa shape index (κ3) is 2.85. The fraction of sp³-hybridized carbons (Fsp3) is 0.625. The lowest BCUT2D eigenvalue weighted by Crippen LogP contribution is -2.49. The normalized spacial score (nSPS) is 26.2. The molecule has 0 amide bonds. The van der Waals surface area contributed by atoms with Gasteiger partial charge < -0.3 is 10.5 Å². The largest absolute Gasteiger partial charge is 0.375 e. The van der Waals surface area contributed by atoms with Crippen LogP contribution in [0, 0.1) is 5.92 Å². The van der Waals surface area contributed by atoms with Crippen molar-refractivity contribution in [1.82, 2.24) is 0 Å². The molecule has 1 aromatic carbocycles. The van der Waals surface area contributed by atoms with E-state index in [1.165, 1.54) is 19.3 Å². The number of nitrogens with two attached hydrogens (primary N) is 1. The molecule has 20 heavy (non-hydrogen) atoms. The van der Waals surface area contributed by atoms with Crippen molar-refractivity contribution in [3.8, 4) is 0 Å². The second-order valence-electron chi connectivity index (χ2n) is 6.21. The highest BCUT2D eigenvalue weighted by Gasteiger charge is 2.43. The molecule has 1 saturated heterocycles. The molecule has 0 radical (unpaired) electrons. The molecule has 4 heteroatoms. The fourth-order valence-electron chi connectivity index (χ4n) is 3.48. The van der Waals surface area contributed by atoms with Crippen molar-refractivity contribution in [2.24, 2.45) is 11.7 Å². The van der Waals surface area contributed by atoms with E-state index in [1.54, 1.807) is 0 Å². The van der Waals surface area contributed by atoms with Gasteiger partial charge in [0.2, 0.25) is 0 Å². The van der Waals surface area contributed by atoms with Crippen molar-refractivity contribution in [2.45, 2.75) is 50.2 Å². The number of rotatable bonds is 3. The average Bonchev–Trinajstić information content (AvgIpc) is 2.41. The van der Waals surface area contributed by atoms with E-state index >= 15 is 0 Å². The lowest BCUT2D eigenvalue weighted by Gasteiger charge is -2.48. The average molecular weight is 314 g/mol. The molecule has 2 N–H and O–H groups in total. The Morgan fingerprint density at radius 3 is 2.60 bits per heavy atom. The molecule has 2 fully saturated rings. The quantitative estimate of drug-likeness (QED) is 0.907. The van der Waals surface area contributed by atoms with Gasteiger partial charge in [0.1, 0.15) is 0 Å². The second kappa shape index (κ2) is 5.84. The van der Waals surface area contributed by atoms with E-state index < -0.39 is 0 Å². The first-order valence-corrected chi connectivity index (χ1v) is 8.18. The predicted molar refractivity (Wildman–Crippen MR) is 83.4 cm³/mol. The third-order valence-corrected chi connectivity index (χ3v) is 5.61. The summed E-state index contributed by atoms with van der Waals surface area (Å²) in [7, 11) is 0. The van der Waals surface area contributed by atoms with Crippen LogP contribution in [-0.4, -0.2) is 18.2 Å². The third-order valence-electron chi connectivity index (χ3n) is 4.90. The van der Waals surface area contributed by atoms with Crippen molar-refractivity contribution in [3.63, 3.8) is 0 Å². The summed E-state index contributed by atoms with van der Waals surface area (Å²) < 4.78 is 5.97. The molecule has 0 aromatic heterocycles. The summed E-state index contributed by atoms with van der Waals surface area (Å²) in [4.78, 5) is 0. The Bertz CT molecular complexity index is 467. The van der Waals surface area contributed by atoms with Gasteiger partial charge in [-0.25, -0.2) is 0 Å². The summed E-state index contributed by atoms with van der Waals surface area (Å²) in [5.74, 6) is 0.511. The molecule has 1 heterocycles. The van der Waals surface area contributed by atoms with Gasteiger partial charge in [-0.2, -0.15) is 0 Å².